The van der Waals surface area contributed by atoms with Crippen molar-refractivity contribution >= 4 is 14.4 Å². The van der Waals surface area contributed by atoms with Gasteiger partial charge in [0, 0.05) is 0 Å². The van der Waals surface area contributed by atoms with Crippen molar-refractivity contribution in [1.29, 1.82) is 0 Å². The maximum atomic E-state index is 10.2. The molecule has 0 aromatic carbocycles. The van der Waals surface area contributed by atoms with Gasteiger partial charge in [0.05, 0.1) is 0 Å². The van der Waals surface area contributed by atoms with E-state index in [2.05, 4.69) is 31.1 Å². The van der Waals surface area contributed by atoms with Gasteiger partial charge in [-0.25, -0.2) is 0 Å². The molecular weight excluding hydrogens is 176 g/mol. The topological polar surface area (TPSA) is 17.1 Å². The minimum absolute atomic E-state index is 0.714. The van der Waals surface area contributed by atoms with Crippen molar-refractivity contribution in [2.45, 2.75) is 26.6 Å². The van der Waals surface area contributed by atoms with Crippen LogP contribution in [0.3, 0.4) is 0 Å². The van der Waals surface area contributed by atoms with Crippen LogP contribution in [0.2, 0.25) is 19.6 Å². The second kappa shape index (κ2) is 5.55. The number of rotatable bonds is 2. The summed E-state index contributed by atoms with van der Waals surface area (Å²) in [4.78, 5) is 10.2. The summed E-state index contributed by atoms with van der Waals surface area (Å²) in [6, 6.07) is 0. The number of carbonyl (C=O) groups is 1. The third-order valence-electron chi connectivity index (χ3n) is 1.17. The third kappa shape index (κ3) is 8.84. The summed E-state index contributed by atoms with van der Waals surface area (Å²) in [6.07, 6.45) is 6.17. The molecule has 0 saturated heterocycles. The fourth-order valence-corrected chi connectivity index (χ4v) is 1.06. The van der Waals surface area contributed by atoms with Gasteiger partial charge in [-0.2, -0.15) is 0 Å². The first-order valence-electron chi connectivity index (χ1n) is 4.27. The third-order valence-corrected chi connectivity index (χ3v) is 2.07. The zero-order valence-electron chi connectivity index (χ0n) is 8.72. The normalized spacial score (nSPS) is 12.5. The van der Waals surface area contributed by atoms with E-state index in [1.165, 1.54) is 0 Å². The fraction of sp³-hybridized carbons (Fsp3) is 0.364. The Balaban J connectivity index is 4.15. The lowest BCUT2D eigenvalue weighted by Gasteiger charge is -2.01. The smallest absolute Gasteiger partial charge is 0.145 e. The van der Waals surface area contributed by atoms with Gasteiger partial charge in [0.1, 0.15) is 14.4 Å². The highest BCUT2D eigenvalue weighted by Gasteiger charge is 2.06. The van der Waals surface area contributed by atoms with Crippen LogP contribution in [0.25, 0.3) is 0 Å². The van der Waals surface area contributed by atoms with Crippen LogP contribution in [0, 0.1) is 11.5 Å². The zero-order chi connectivity index (χ0) is 10.3. The van der Waals surface area contributed by atoms with E-state index < -0.39 is 8.07 Å². The molecule has 0 fully saturated rings. The molecule has 13 heavy (non-hydrogen) atoms. The Morgan fingerprint density at radius 2 is 1.92 bits per heavy atom. The van der Waals surface area contributed by atoms with E-state index in [4.69, 9.17) is 0 Å². The van der Waals surface area contributed by atoms with Crippen molar-refractivity contribution in [3.05, 3.63) is 23.8 Å². The maximum absolute atomic E-state index is 10.2. The van der Waals surface area contributed by atoms with Crippen molar-refractivity contribution in [1.82, 2.24) is 0 Å². The molecule has 0 bridgehead atoms. The monoisotopic (exact) mass is 192 g/mol. The summed E-state index contributed by atoms with van der Waals surface area (Å²) in [5, 5.41) is 0. The Kier molecular flexibility index (Phi) is 5.09. The van der Waals surface area contributed by atoms with Gasteiger partial charge in [-0.15, -0.1) is 5.54 Å². The molecule has 0 aliphatic heterocycles. The molecule has 0 aromatic heterocycles. The number of aldehydes is 1. The van der Waals surface area contributed by atoms with Gasteiger partial charge in [-0.05, 0) is 18.6 Å². The van der Waals surface area contributed by atoms with E-state index in [0.717, 1.165) is 6.29 Å². The Morgan fingerprint density at radius 1 is 1.31 bits per heavy atom. The molecule has 0 radical (unpaired) electrons. The molecular formula is C11H16OSi. The zero-order valence-corrected chi connectivity index (χ0v) is 9.72. The van der Waals surface area contributed by atoms with Crippen LogP contribution in [-0.2, 0) is 4.79 Å². The average molecular weight is 192 g/mol. The van der Waals surface area contributed by atoms with Crippen molar-refractivity contribution in [3.8, 4) is 11.5 Å². The van der Waals surface area contributed by atoms with Gasteiger partial charge in [0.15, 0.2) is 0 Å². The van der Waals surface area contributed by atoms with Gasteiger partial charge >= 0.3 is 0 Å². The first-order valence-corrected chi connectivity index (χ1v) is 7.77. The largest absolute Gasteiger partial charge is 0.298 e. The van der Waals surface area contributed by atoms with Gasteiger partial charge in [0.25, 0.3) is 0 Å². The van der Waals surface area contributed by atoms with Crippen molar-refractivity contribution in [3.63, 3.8) is 0 Å². The lowest BCUT2D eigenvalue weighted by molar-refractivity contribution is -0.104. The van der Waals surface area contributed by atoms with Crippen LogP contribution < -0.4 is 0 Å². The number of hydrogen-bond acceptors (Lipinski definition) is 1. The molecule has 0 aromatic rings. The van der Waals surface area contributed by atoms with E-state index in [1.807, 2.05) is 0 Å². The standard InChI is InChI=1S/C11H16OSi/c1-11(10-12)8-6-5-7-9-13(2,3)4/h5-6,8,10H,1-4H3/b6-5+,11-8+. The van der Waals surface area contributed by atoms with Crippen LogP contribution in [0.1, 0.15) is 6.92 Å². The Labute approximate surface area is 81.6 Å². The fourth-order valence-electron chi connectivity index (χ4n) is 0.545. The van der Waals surface area contributed by atoms with Crippen LogP contribution in [0.15, 0.2) is 23.8 Å². The highest BCUT2D eigenvalue weighted by Crippen LogP contribution is 1.96. The summed E-state index contributed by atoms with van der Waals surface area (Å²) in [7, 11) is -1.25. The Hall–Kier alpha value is -1.07. The summed E-state index contributed by atoms with van der Waals surface area (Å²) in [5.41, 5.74) is 3.91. The number of carbonyl (C=O) groups excluding carboxylic acids is 1. The van der Waals surface area contributed by atoms with E-state index in [0.29, 0.717) is 5.57 Å². The maximum Gasteiger partial charge on any atom is 0.145 e. The van der Waals surface area contributed by atoms with Crippen molar-refractivity contribution < 1.29 is 4.79 Å². The van der Waals surface area contributed by atoms with Crippen LogP contribution in [-0.4, -0.2) is 14.4 Å². The number of hydrogen-bond donors (Lipinski definition) is 0. The molecule has 0 rings (SSSR count). The van der Waals surface area contributed by atoms with Crippen molar-refractivity contribution in [2.24, 2.45) is 0 Å². The Bertz CT molecular complexity index is 281. The SMILES string of the molecule is C/C(C=O)=C\C=C\C#C[Si](C)(C)C. The number of allylic oxidation sites excluding steroid dienone is 4. The minimum Gasteiger partial charge on any atom is -0.298 e. The lowest BCUT2D eigenvalue weighted by atomic mass is 10.3. The molecule has 2 heteroatoms. The predicted molar refractivity (Wildman–Crippen MR) is 60.1 cm³/mol. The summed E-state index contributed by atoms with van der Waals surface area (Å²) in [6.45, 7) is 8.35. The van der Waals surface area contributed by atoms with Gasteiger partial charge in [-0.3, -0.25) is 4.79 Å². The molecule has 0 N–H and O–H groups in total. The lowest BCUT2D eigenvalue weighted by Crippen LogP contribution is -2.16. The van der Waals surface area contributed by atoms with E-state index in [1.54, 1.807) is 25.2 Å². The van der Waals surface area contributed by atoms with E-state index in [9.17, 15) is 4.79 Å². The molecule has 0 unspecified atom stereocenters. The molecule has 0 amide bonds. The predicted octanol–water partition coefficient (Wildman–Crippen LogP) is 2.57. The average Bonchev–Trinajstić information content (AvgIpc) is 2.01. The highest BCUT2D eigenvalue weighted by molar-refractivity contribution is 6.83. The molecule has 0 saturated carbocycles. The molecule has 0 aliphatic rings. The molecule has 1 nitrogen and oxygen atoms in total. The first kappa shape index (κ1) is 11.9. The molecule has 0 spiro atoms. The van der Waals surface area contributed by atoms with E-state index >= 15 is 0 Å². The van der Waals surface area contributed by atoms with E-state index in [-0.39, 0.29) is 0 Å². The second-order valence-electron chi connectivity index (χ2n) is 3.91. The quantitative estimate of drug-likeness (QED) is 0.216. The van der Waals surface area contributed by atoms with Crippen LogP contribution >= 0.6 is 0 Å². The summed E-state index contributed by atoms with van der Waals surface area (Å²) < 4.78 is 0. The Morgan fingerprint density at radius 3 is 2.38 bits per heavy atom. The molecule has 70 valence electrons. The molecule has 0 aliphatic carbocycles. The molecule has 0 atom stereocenters. The van der Waals surface area contributed by atoms with Crippen LogP contribution in [0.4, 0.5) is 0 Å². The minimum atomic E-state index is -1.25. The van der Waals surface area contributed by atoms with Gasteiger partial charge in [-0.1, -0.05) is 37.7 Å². The van der Waals surface area contributed by atoms with Crippen molar-refractivity contribution in [2.75, 3.05) is 0 Å². The summed E-state index contributed by atoms with van der Waals surface area (Å²) in [5.74, 6) is 2.98. The van der Waals surface area contributed by atoms with Gasteiger partial charge in [0.2, 0.25) is 0 Å². The molecule has 0 heterocycles. The van der Waals surface area contributed by atoms with Crippen LogP contribution in [0.5, 0.6) is 0 Å². The highest BCUT2D eigenvalue weighted by atomic mass is 28.3. The van der Waals surface area contributed by atoms with Gasteiger partial charge < -0.3 is 0 Å². The second-order valence-corrected chi connectivity index (χ2v) is 8.66. The first-order chi connectivity index (χ1) is 5.95. The summed E-state index contributed by atoms with van der Waals surface area (Å²) >= 11 is 0.